The van der Waals surface area contributed by atoms with Crippen LogP contribution in [0.15, 0.2) is 29.1 Å². The molecule has 3 N–H and O–H groups in total. The summed E-state index contributed by atoms with van der Waals surface area (Å²) in [6.07, 6.45) is 0. The Morgan fingerprint density at radius 3 is 3.08 bits per heavy atom. The van der Waals surface area contributed by atoms with E-state index in [1.807, 2.05) is 0 Å². The molecule has 4 nitrogen and oxygen atoms in total. The summed E-state index contributed by atoms with van der Waals surface area (Å²) in [6, 6.07) is 6.35. The second kappa shape index (κ2) is 2.34. The molecular weight excluding hydrogens is 154 g/mol. The van der Waals surface area contributed by atoms with Gasteiger partial charge in [0.1, 0.15) is 0 Å². The van der Waals surface area contributed by atoms with Crippen molar-refractivity contribution in [3.63, 3.8) is 0 Å². The molecule has 0 spiro atoms. The Hall–Kier alpha value is -1.84. The lowest BCUT2D eigenvalue weighted by Gasteiger charge is -1.74. The van der Waals surface area contributed by atoms with E-state index >= 15 is 0 Å². The van der Waals surface area contributed by atoms with Crippen LogP contribution in [-0.2, 0) is 0 Å². The zero-order valence-corrected chi connectivity index (χ0v) is 6.24. The third kappa shape index (κ3) is 1.03. The number of imidazole rings is 1. The van der Waals surface area contributed by atoms with Crippen molar-refractivity contribution in [2.24, 2.45) is 0 Å². The molecule has 0 unspecified atom stereocenters. The summed E-state index contributed by atoms with van der Waals surface area (Å²) < 4.78 is 0. The molecule has 0 saturated heterocycles. The minimum atomic E-state index is -0.0614. The van der Waals surface area contributed by atoms with Crippen molar-refractivity contribution in [2.75, 3.05) is 5.73 Å². The van der Waals surface area contributed by atoms with Gasteiger partial charge in [0, 0.05) is 6.07 Å². The molecule has 1 aromatic carbocycles. The molecule has 2 aromatic rings. The van der Waals surface area contributed by atoms with Crippen molar-refractivity contribution >= 4 is 17.0 Å². The highest BCUT2D eigenvalue weighted by Gasteiger charge is 1.96. The number of aromatic amines is 1. The van der Waals surface area contributed by atoms with Crippen LogP contribution < -0.4 is 11.2 Å². The Balaban J connectivity index is 2.95. The molecule has 2 rings (SSSR count). The number of H-pyrrole nitrogens is 1. The van der Waals surface area contributed by atoms with E-state index in [0.29, 0.717) is 17.0 Å². The first-order valence-electron chi connectivity index (χ1n) is 3.51. The Labute approximate surface area is 68.1 Å². The fraction of sp³-hybridized carbons (Fsp3) is 0. The van der Waals surface area contributed by atoms with E-state index in [1.165, 1.54) is 12.1 Å². The number of hydrogen-bond donors (Lipinski definition) is 2. The van der Waals surface area contributed by atoms with Crippen molar-refractivity contribution in [3.8, 4) is 0 Å². The molecule has 0 atom stereocenters. The lowest BCUT2D eigenvalue weighted by molar-refractivity contribution is 1.35. The SMILES string of the molecule is Nc1nc2cccc(=O)cc2[nH]1. The van der Waals surface area contributed by atoms with Gasteiger partial charge in [-0.3, -0.25) is 4.79 Å². The Morgan fingerprint density at radius 2 is 2.25 bits per heavy atom. The van der Waals surface area contributed by atoms with Crippen LogP contribution in [0.5, 0.6) is 0 Å². The van der Waals surface area contributed by atoms with Crippen molar-refractivity contribution in [1.82, 2.24) is 9.97 Å². The van der Waals surface area contributed by atoms with E-state index in [9.17, 15) is 4.79 Å². The summed E-state index contributed by atoms with van der Waals surface area (Å²) in [6.45, 7) is 0. The van der Waals surface area contributed by atoms with Gasteiger partial charge in [-0.25, -0.2) is 4.98 Å². The Kier molecular flexibility index (Phi) is 1.33. The number of hydrogen-bond acceptors (Lipinski definition) is 3. The predicted octanol–water partition coefficient (Wildman–Crippen LogP) is 0.505. The minimum Gasteiger partial charge on any atom is -0.369 e. The molecule has 1 aromatic heterocycles. The maximum absolute atomic E-state index is 11.0. The summed E-state index contributed by atoms with van der Waals surface area (Å²) >= 11 is 0. The van der Waals surface area contributed by atoms with E-state index < -0.39 is 0 Å². The molecule has 0 fully saturated rings. The largest absolute Gasteiger partial charge is 0.369 e. The first-order chi connectivity index (χ1) is 5.75. The number of fused-ring (bicyclic) bond motifs is 1. The second-order valence-electron chi connectivity index (χ2n) is 2.49. The molecule has 12 heavy (non-hydrogen) atoms. The van der Waals surface area contributed by atoms with Crippen LogP contribution in [0.4, 0.5) is 5.95 Å². The number of nitrogens with two attached hydrogens (primary N) is 1. The van der Waals surface area contributed by atoms with Crippen LogP contribution in [0.2, 0.25) is 0 Å². The van der Waals surface area contributed by atoms with Gasteiger partial charge in [-0.1, -0.05) is 6.07 Å². The van der Waals surface area contributed by atoms with E-state index in [4.69, 9.17) is 5.73 Å². The van der Waals surface area contributed by atoms with Crippen LogP contribution in [-0.4, -0.2) is 9.97 Å². The minimum absolute atomic E-state index is 0.0614. The number of nitrogens with one attached hydrogen (secondary N) is 1. The second-order valence-corrected chi connectivity index (χ2v) is 2.49. The Morgan fingerprint density at radius 1 is 1.42 bits per heavy atom. The number of nitrogen functional groups attached to an aromatic ring is 1. The van der Waals surface area contributed by atoms with Crippen LogP contribution >= 0.6 is 0 Å². The third-order valence-corrected chi connectivity index (χ3v) is 1.58. The standard InChI is InChI=1S/C8H7N3O/c9-8-10-6-3-1-2-5(12)4-7(6)11-8/h1-4H,(H3,9,10,11). The fourth-order valence-electron chi connectivity index (χ4n) is 1.08. The first-order valence-corrected chi connectivity index (χ1v) is 3.51. The summed E-state index contributed by atoms with van der Waals surface area (Å²) in [5.41, 5.74) is 6.72. The summed E-state index contributed by atoms with van der Waals surface area (Å²) in [5.74, 6) is 0.329. The average Bonchev–Trinajstić information content (AvgIpc) is 2.23. The van der Waals surface area contributed by atoms with Gasteiger partial charge in [-0.2, -0.15) is 0 Å². The van der Waals surface area contributed by atoms with E-state index in [-0.39, 0.29) is 5.43 Å². The summed E-state index contributed by atoms with van der Waals surface area (Å²) in [5, 5.41) is 0. The van der Waals surface area contributed by atoms with Gasteiger partial charge < -0.3 is 10.7 Å². The van der Waals surface area contributed by atoms with Crippen molar-refractivity contribution < 1.29 is 0 Å². The molecule has 60 valence electrons. The normalized spacial score (nSPS) is 10.3. The highest BCUT2D eigenvalue weighted by Crippen LogP contribution is 2.07. The van der Waals surface area contributed by atoms with Gasteiger partial charge in [-0.05, 0) is 12.1 Å². The number of anilines is 1. The van der Waals surface area contributed by atoms with Gasteiger partial charge in [0.15, 0.2) is 11.4 Å². The lowest BCUT2D eigenvalue weighted by atomic mass is 10.4. The van der Waals surface area contributed by atoms with Crippen LogP contribution in [0.1, 0.15) is 0 Å². The van der Waals surface area contributed by atoms with Crippen molar-refractivity contribution in [3.05, 3.63) is 34.5 Å². The highest BCUT2D eigenvalue weighted by atomic mass is 16.1. The highest BCUT2D eigenvalue weighted by molar-refractivity contribution is 5.75. The number of nitrogens with zero attached hydrogens (tertiary/aromatic N) is 1. The number of rotatable bonds is 0. The quantitative estimate of drug-likeness (QED) is 0.591. The van der Waals surface area contributed by atoms with E-state index in [1.54, 1.807) is 12.1 Å². The topological polar surface area (TPSA) is 71.8 Å². The zero-order valence-electron chi connectivity index (χ0n) is 6.24. The molecular formula is C8H7N3O. The molecule has 0 saturated carbocycles. The van der Waals surface area contributed by atoms with Crippen LogP contribution in [0.3, 0.4) is 0 Å². The van der Waals surface area contributed by atoms with E-state index in [2.05, 4.69) is 9.97 Å². The lowest BCUT2D eigenvalue weighted by Crippen LogP contribution is -1.90. The monoisotopic (exact) mass is 161 g/mol. The molecule has 0 radical (unpaired) electrons. The van der Waals surface area contributed by atoms with Crippen molar-refractivity contribution in [2.45, 2.75) is 0 Å². The molecule has 0 bridgehead atoms. The van der Waals surface area contributed by atoms with Gasteiger partial charge in [0.2, 0.25) is 0 Å². The average molecular weight is 161 g/mol. The maximum atomic E-state index is 11.0. The van der Waals surface area contributed by atoms with Gasteiger partial charge in [-0.15, -0.1) is 0 Å². The first kappa shape index (κ1) is 6.84. The predicted molar refractivity (Wildman–Crippen MR) is 46.8 cm³/mol. The molecule has 1 heterocycles. The van der Waals surface area contributed by atoms with Crippen molar-refractivity contribution in [1.29, 1.82) is 0 Å². The Bertz CT molecular complexity index is 475. The summed E-state index contributed by atoms with van der Waals surface area (Å²) in [4.78, 5) is 17.8. The van der Waals surface area contributed by atoms with Crippen LogP contribution in [0.25, 0.3) is 11.0 Å². The van der Waals surface area contributed by atoms with Crippen LogP contribution in [0, 0.1) is 0 Å². The third-order valence-electron chi connectivity index (χ3n) is 1.58. The van der Waals surface area contributed by atoms with Gasteiger partial charge in [0.25, 0.3) is 0 Å². The van der Waals surface area contributed by atoms with Gasteiger partial charge >= 0.3 is 0 Å². The summed E-state index contributed by atoms with van der Waals surface area (Å²) in [7, 11) is 0. The maximum Gasteiger partial charge on any atom is 0.198 e. The fourth-order valence-corrected chi connectivity index (χ4v) is 1.08. The smallest absolute Gasteiger partial charge is 0.198 e. The molecule has 0 aliphatic heterocycles. The number of aromatic nitrogens is 2. The molecule has 4 heteroatoms. The molecule has 0 aliphatic carbocycles. The zero-order chi connectivity index (χ0) is 8.55. The molecule has 0 amide bonds. The van der Waals surface area contributed by atoms with E-state index in [0.717, 1.165) is 0 Å². The molecule has 0 aliphatic rings. The van der Waals surface area contributed by atoms with Gasteiger partial charge in [0.05, 0.1) is 11.0 Å².